The molecule has 0 fully saturated rings. The molecule has 0 spiro atoms. The van der Waals surface area contributed by atoms with E-state index in [4.69, 9.17) is 0 Å². The van der Waals surface area contributed by atoms with Crippen molar-refractivity contribution in [3.8, 4) is 0 Å². The fourth-order valence-corrected chi connectivity index (χ4v) is 3.80. The molecule has 2 rings (SSSR count). The standard InChI is InChI=1S/C19H24O2S/c1-5-15-7-6-8-18(13-15)22(20,21)17-11-9-16(10-12-17)14-19(2,3)4/h6-13H,5,14H2,1-4H3. The highest BCUT2D eigenvalue weighted by Crippen LogP contribution is 2.25. The first-order chi connectivity index (χ1) is 10.2. The van der Waals surface area contributed by atoms with Crippen LogP contribution in [0.5, 0.6) is 0 Å². The van der Waals surface area contributed by atoms with Gasteiger partial charge in [-0.2, -0.15) is 0 Å². The first-order valence-electron chi connectivity index (χ1n) is 7.65. The van der Waals surface area contributed by atoms with Crippen LogP contribution in [0.2, 0.25) is 0 Å². The molecule has 2 aromatic carbocycles. The van der Waals surface area contributed by atoms with Crippen molar-refractivity contribution < 1.29 is 8.42 Å². The van der Waals surface area contributed by atoms with Gasteiger partial charge in [0.1, 0.15) is 0 Å². The normalized spacial score (nSPS) is 12.4. The molecular formula is C19H24O2S. The summed E-state index contributed by atoms with van der Waals surface area (Å²) >= 11 is 0. The molecule has 0 saturated heterocycles. The van der Waals surface area contributed by atoms with Crippen molar-refractivity contribution in [2.75, 3.05) is 0 Å². The average molecular weight is 316 g/mol. The monoisotopic (exact) mass is 316 g/mol. The lowest BCUT2D eigenvalue weighted by atomic mass is 9.88. The van der Waals surface area contributed by atoms with Crippen molar-refractivity contribution in [3.05, 3.63) is 59.7 Å². The van der Waals surface area contributed by atoms with Gasteiger partial charge in [-0.3, -0.25) is 0 Å². The molecule has 0 heterocycles. The Morgan fingerprint density at radius 3 is 2.05 bits per heavy atom. The molecule has 0 aliphatic carbocycles. The molecule has 3 heteroatoms. The number of hydrogen-bond donors (Lipinski definition) is 0. The quantitative estimate of drug-likeness (QED) is 0.821. The Labute approximate surface area is 134 Å². The predicted octanol–water partition coefficient (Wildman–Crippen LogP) is 4.67. The molecule has 0 amide bonds. The molecule has 0 aliphatic heterocycles. The number of hydrogen-bond acceptors (Lipinski definition) is 2. The van der Waals surface area contributed by atoms with E-state index in [2.05, 4.69) is 20.8 Å². The van der Waals surface area contributed by atoms with E-state index < -0.39 is 9.84 Å². The lowest BCUT2D eigenvalue weighted by molar-refractivity contribution is 0.411. The maximum Gasteiger partial charge on any atom is 0.206 e. The van der Waals surface area contributed by atoms with Crippen LogP contribution in [-0.4, -0.2) is 8.42 Å². The summed E-state index contributed by atoms with van der Waals surface area (Å²) < 4.78 is 25.4. The maximum atomic E-state index is 12.7. The molecule has 118 valence electrons. The minimum Gasteiger partial charge on any atom is -0.219 e. The molecule has 0 aromatic heterocycles. The highest BCUT2D eigenvalue weighted by atomic mass is 32.2. The Morgan fingerprint density at radius 2 is 1.50 bits per heavy atom. The lowest BCUT2D eigenvalue weighted by Crippen LogP contribution is -2.09. The Hall–Kier alpha value is -1.61. The first-order valence-corrected chi connectivity index (χ1v) is 9.14. The largest absolute Gasteiger partial charge is 0.219 e. The van der Waals surface area contributed by atoms with Crippen LogP contribution < -0.4 is 0 Å². The van der Waals surface area contributed by atoms with E-state index in [0.29, 0.717) is 9.79 Å². The van der Waals surface area contributed by atoms with Crippen LogP contribution in [0.4, 0.5) is 0 Å². The van der Waals surface area contributed by atoms with E-state index >= 15 is 0 Å². The van der Waals surface area contributed by atoms with Crippen LogP contribution in [0.1, 0.15) is 38.8 Å². The van der Waals surface area contributed by atoms with Gasteiger partial charge < -0.3 is 0 Å². The highest BCUT2D eigenvalue weighted by Gasteiger charge is 2.18. The van der Waals surface area contributed by atoms with Crippen molar-refractivity contribution in [1.29, 1.82) is 0 Å². The number of sulfone groups is 1. The molecular weight excluding hydrogens is 292 g/mol. The van der Waals surface area contributed by atoms with Gasteiger partial charge in [0.15, 0.2) is 0 Å². The number of benzene rings is 2. The van der Waals surface area contributed by atoms with Crippen molar-refractivity contribution in [2.45, 2.75) is 50.3 Å². The molecule has 2 nitrogen and oxygen atoms in total. The van der Waals surface area contributed by atoms with Gasteiger partial charge in [-0.1, -0.05) is 52.0 Å². The van der Waals surface area contributed by atoms with Crippen LogP contribution in [-0.2, 0) is 22.7 Å². The average Bonchev–Trinajstić information content (AvgIpc) is 2.46. The van der Waals surface area contributed by atoms with Gasteiger partial charge in [-0.15, -0.1) is 0 Å². The molecule has 0 bridgehead atoms. The van der Waals surface area contributed by atoms with Gasteiger partial charge >= 0.3 is 0 Å². The van der Waals surface area contributed by atoms with Crippen LogP contribution in [0.25, 0.3) is 0 Å². The number of rotatable bonds is 4. The molecule has 0 atom stereocenters. The summed E-state index contributed by atoms with van der Waals surface area (Å²) in [6.45, 7) is 8.54. The summed E-state index contributed by atoms with van der Waals surface area (Å²) in [6.07, 6.45) is 1.76. The third kappa shape index (κ3) is 3.98. The van der Waals surface area contributed by atoms with Gasteiger partial charge in [-0.05, 0) is 53.6 Å². The second kappa shape index (κ2) is 6.25. The zero-order chi connectivity index (χ0) is 16.4. The Morgan fingerprint density at radius 1 is 0.864 bits per heavy atom. The van der Waals surface area contributed by atoms with Gasteiger partial charge in [0.2, 0.25) is 9.84 Å². The smallest absolute Gasteiger partial charge is 0.206 e. The van der Waals surface area contributed by atoms with E-state index in [-0.39, 0.29) is 5.41 Å². The molecule has 0 N–H and O–H groups in total. The van der Waals surface area contributed by atoms with Crippen LogP contribution in [0, 0.1) is 5.41 Å². The van der Waals surface area contributed by atoms with Crippen molar-refractivity contribution in [1.82, 2.24) is 0 Å². The fraction of sp³-hybridized carbons (Fsp3) is 0.368. The Balaban J connectivity index is 2.33. The Bertz CT molecular complexity index is 736. The van der Waals surface area contributed by atoms with Gasteiger partial charge in [0.05, 0.1) is 9.79 Å². The van der Waals surface area contributed by atoms with Gasteiger partial charge in [0, 0.05) is 0 Å². The summed E-state index contributed by atoms with van der Waals surface area (Å²) in [7, 11) is -3.43. The minimum atomic E-state index is -3.43. The molecule has 0 saturated carbocycles. The van der Waals surface area contributed by atoms with Crippen molar-refractivity contribution in [3.63, 3.8) is 0 Å². The summed E-state index contributed by atoms with van der Waals surface area (Å²) in [5.74, 6) is 0. The minimum absolute atomic E-state index is 0.190. The zero-order valence-corrected chi connectivity index (χ0v) is 14.6. The van der Waals surface area contributed by atoms with Gasteiger partial charge in [0.25, 0.3) is 0 Å². The lowest BCUT2D eigenvalue weighted by Gasteiger charge is -2.18. The summed E-state index contributed by atoms with van der Waals surface area (Å²) in [5.41, 5.74) is 2.38. The summed E-state index contributed by atoms with van der Waals surface area (Å²) in [5, 5.41) is 0. The SMILES string of the molecule is CCc1cccc(S(=O)(=O)c2ccc(CC(C)(C)C)cc2)c1. The molecule has 22 heavy (non-hydrogen) atoms. The van der Waals surface area contributed by atoms with E-state index in [1.165, 1.54) is 0 Å². The van der Waals surface area contributed by atoms with E-state index in [1.807, 2.05) is 25.1 Å². The van der Waals surface area contributed by atoms with Crippen molar-refractivity contribution >= 4 is 9.84 Å². The summed E-state index contributed by atoms with van der Waals surface area (Å²) in [6, 6.07) is 14.5. The highest BCUT2D eigenvalue weighted by molar-refractivity contribution is 7.91. The molecule has 0 aliphatic rings. The first kappa shape index (κ1) is 16.8. The number of aryl methyl sites for hydroxylation is 1. The molecule has 0 unspecified atom stereocenters. The Kier molecular flexibility index (Phi) is 4.76. The van der Waals surface area contributed by atoms with Crippen LogP contribution in [0.3, 0.4) is 0 Å². The maximum absolute atomic E-state index is 12.7. The molecule has 2 aromatic rings. The van der Waals surface area contributed by atoms with E-state index in [1.54, 1.807) is 30.3 Å². The second-order valence-corrected chi connectivity index (χ2v) is 8.84. The fourth-order valence-electron chi connectivity index (χ4n) is 2.47. The van der Waals surface area contributed by atoms with Gasteiger partial charge in [-0.25, -0.2) is 8.42 Å². The zero-order valence-electron chi connectivity index (χ0n) is 13.8. The molecule has 0 radical (unpaired) electrons. The summed E-state index contributed by atoms with van der Waals surface area (Å²) in [4.78, 5) is 0.730. The topological polar surface area (TPSA) is 34.1 Å². The third-order valence-corrected chi connectivity index (χ3v) is 5.35. The van der Waals surface area contributed by atoms with Crippen LogP contribution in [0.15, 0.2) is 58.3 Å². The van der Waals surface area contributed by atoms with Crippen molar-refractivity contribution in [2.24, 2.45) is 5.41 Å². The van der Waals surface area contributed by atoms with E-state index in [0.717, 1.165) is 24.0 Å². The third-order valence-electron chi connectivity index (χ3n) is 3.59. The second-order valence-electron chi connectivity index (χ2n) is 6.89. The van der Waals surface area contributed by atoms with E-state index in [9.17, 15) is 8.42 Å². The predicted molar refractivity (Wildman–Crippen MR) is 90.9 cm³/mol. The van der Waals surface area contributed by atoms with Crippen LogP contribution >= 0.6 is 0 Å².